The molecule has 108 valence electrons. The second kappa shape index (κ2) is 8.59. The molecule has 0 radical (unpaired) electrons. The topological polar surface area (TPSA) is 49.5 Å². The second-order valence-electron chi connectivity index (χ2n) is 4.15. The molecule has 0 unspecified atom stereocenters. The molecule has 2 rings (SSSR count). The molecule has 1 aliphatic heterocycles. The van der Waals surface area contributed by atoms with Gasteiger partial charge in [0.05, 0.1) is 5.88 Å². The minimum Gasteiger partial charge on any atom is -0.398 e. The van der Waals surface area contributed by atoms with Crippen LogP contribution in [0.2, 0.25) is 0 Å². The molecule has 19 heavy (non-hydrogen) atoms. The summed E-state index contributed by atoms with van der Waals surface area (Å²) in [5.74, 6) is 0.954. The Morgan fingerprint density at radius 1 is 1.32 bits per heavy atom. The number of nitrogens with two attached hydrogens (primary N) is 1. The molecule has 0 atom stereocenters. The van der Waals surface area contributed by atoms with Crippen LogP contribution < -0.4 is 5.73 Å². The molecular formula is C13H20Cl2N2OS. The highest BCUT2D eigenvalue weighted by Crippen LogP contribution is 2.35. The van der Waals surface area contributed by atoms with Gasteiger partial charge in [0, 0.05) is 35.9 Å². The van der Waals surface area contributed by atoms with Crippen LogP contribution in [0.25, 0.3) is 0 Å². The summed E-state index contributed by atoms with van der Waals surface area (Å²) in [6, 6.07) is 7.98. The number of aliphatic hydroxyl groups is 1. The SMILES string of the molecule is CC1=C(CCO)SCN1Cc1ccccc1N.Cl.Cl. The normalized spacial score (nSPS) is 14.1. The number of rotatable bonds is 4. The van der Waals surface area contributed by atoms with Crippen molar-refractivity contribution in [3.05, 3.63) is 40.4 Å². The zero-order chi connectivity index (χ0) is 12.3. The van der Waals surface area contributed by atoms with Crippen LogP contribution in [0.1, 0.15) is 18.9 Å². The highest BCUT2D eigenvalue weighted by Gasteiger charge is 2.19. The van der Waals surface area contributed by atoms with Crippen molar-refractivity contribution >= 4 is 42.3 Å². The summed E-state index contributed by atoms with van der Waals surface area (Å²) in [6.45, 7) is 3.19. The van der Waals surface area contributed by atoms with Crippen LogP contribution >= 0.6 is 36.6 Å². The molecule has 0 saturated heterocycles. The van der Waals surface area contributed by atoms with Crippen LogP contribution in [0.3, 0.4) is 0 Å². The third kappa shape index (κ3) is 4.49. The summed E-state index contributed by atoms with van der Waals surface area (Å²) in [5, 5.41) is 8.98. The molecule has 0 amide bonds. The molecule has 3 nitrogen and oxygen atoms in total. The predicted octanol–water partition coefficient (Wildman–Crippen LogP) is 3.23. The maximum Gasteiger partial charge on any atom is 0.0684 e. The van der Waals surface area contributed by atoms with Crippen molar-refractivity contribution in [2.45, 2.75) is 19.9 Å². The van der Waals surface area contributed by atoms with Crippen LogP contribution in [0, 0.1) is 0 Å². The Bertz CT molecular complexity index is 440. The number of anilines is 1. The van der Waals surface area contributed by atoms with E-state index in [9.17, 15) is 0 Å². The van der Waals surface area contributed by atoms with Gasteiger partial charge in [0.15, 0.2) is 0 Å². The summed E-state index contributed by atoms with van der Waals surface area (Å²) in [7, 11) is 0. The lowest BCUT2D eigenvalue weighted by atomic mass is 10.1. The van der Waals surface area contributed by atoms with E-state index < -0.39 is 0 Å². The van der Waals surface area contributed by atoms with Gasteiger partial charge in [0.1, 0.15) is 0 Å². The van der Waals surface area contributed by atoms with E-state index in [1.807, 2.05) is 30.0 Å². The number of allylic oxidation sites excluding steroid dienone is 1. The summed E-state index contributed by atoms with van der Waals surface area (Å²) in [6.07, 6.45) is 0.761. The summed E-state index contributed by atoms with van der Waals surface area (Å²) in [5.41, 5.74) is 9.23. The zero-order valence-corrected chi connectivity index (χ0v) is 13.3. The number of hydrogen-bond donors (Lipinski definition) is 2. The Morgan fingerprint density at radius 3 is 2.63 bits per heavy atom. The van der Waals surface area contributed by atoms with Crippen LogP contribution in [-0.4, -0.2) is 22.5 Å². The third-order valence-electron chi connectivity index (χ3n) is 3.03. The van der Waals surface area contributed by atoms with Gasteiger partial charge in [-0.25, -0.2) is 0 Å². The molecule has 0 aromatic heterocycles. The van der Waals surface area contributed by atoms with Gasteiger partial charge in [-0.15, -0.1) is 36.6 Å². The molecule has 0 saturated carbocycles. The zero-order valence-electron chi connectivity index (χ0n) is 10.8. The average molecular weight is 323 g/mol. The Labute approximate surface area is 131 Å². The van der Waals surface area contributed by atoms with Gasteiger partial charge in [0.25, 0.3) is 0 Å². The van der Waals surface area contributed by atoms with Crippen molar-refractivity contribution < 1.29 is 5.11 Å². The molecule has 6 heteroatoms. The fourth-order valence-electron chi connectivity index (χ4n) is 1.94. The summed E-state index contributed by atoms with van der Waals surface area (Å²) in [4.78, 5) is 3.60. The van der Waals surface area contributed by atoms with E-state index in [1.54, 1.807) is 0 Å². The fourth-order valence-corrected chi connectivity index (χ4v) is 3.11. The van der Waals surface area contributed by atoms with Gasteiger partial charge in [-0.2, -0.15) is 0 Å². The van der Waals surface area contributed by atoms with Crippen LogP contribution in [0.5, 0.6) is 0 Å². The number of halogens is 2. The number of nitrogen functional groups attached to an aromatic ring is 1. The molecule has 1 aromatic rings. The van der Waals surface area contributed by atoms with Gasteiger partial charge in [-0.1, -0.05) is 18.2 Å². The van der Waals surface area contributed by atoms with Gasteiger partial charge < -0.3 is 15.7 Å². The highest BCUT2D eigenvalue weighted by molar-refractivity contribution is 8.03. The second-order valence-corrected chi connectivity index (χ2v) is 5.19. The van der Waals surface area contributed by atoms with E-state index in [1.165, 1.54) is 10.6 Å². The Balaban J connectivity index is 0.00000162. The van der Waals surface area contributed by atoms with Gasteiger partial charge in [-0.05, 0) is 18.6 Å². The highest BCUT2D eigenvalue weighted by atomic mass is 35.5. The van der Waals surface area contributed by atoms with E-state index in [0.717, 1.165) is 30.1 Å². The van der Waals surface area contributed by atoms with Crippen LogP contribution in [0.4, 0.5) is 5.69 Å². The number of nitrogens with zero attached hydrogens (tertiary/aromatic N) is 1. The minimum absolute atomic E-state index is 0. The van der Waals surface area contributed by atoms with E-state index >= 15 is 0 Å². The minimum atomic E-state index is 0. The Kier molecular flexibility index (Phi) is 8.34. The van der Waals surface area contributed by atoms with E-state index in [4.69, 9.17) is 10.8 Å². The molecule has 0 spiro atoms. The number of hydrogen-bond acceptors (Lipinski definition) is 4. The first-order valence-corrected chi connectivity index (χ1v) is 6.72. The quantitative estimate of drug-likeness (QED) is 0.835. The lowest BCUT2D eigenvalue weighted by Crippen LogP contribution is -2.17. The van der Waals surface area contributed by atoms with Crippen molar-refractivity contribution in [1.82, 2.24) is 4.90 Å². The van der Waals surface area contributed by atoms with Crippen molar-refractivity contribution in [1.29, 1.82) is 0 Å². The van der Waals surface area contributed by atoms with Crippen molar-refractivity contribution in [3.63, 3.8) is 0 Å². The van der Waals surface area contributed by atoms with Gasteiger partial charge in [0.2, 0.25) is 0 Å². The first-order chi connectivity index (χ1) is 8.22. The summed E-state index contributed by atoms with van der Waals surface area (Å²) >= 11 is 1.81. The van der Waals surface area contributed by atoms with Crippen molar-refractivity contribution in [2.24, 2.45) is 0 Å². The van der Waals surface area contributed by atoms with Crippen LogP contribution in [0.15, 0.2) is 34.9 Å². The molecule has 1 aromatic carbocycles. The Hall–Kier alpha value is -0.550. The summed E-state index contributed by atoms with van der Waals surface area (Å²) < 4.78 is 0. The maximum absolute atomic E-state index is 8.98. The average Bonchev–Trinajstić information content (AvgIpc) is 2.65. The lowest BCUT2D eigenvalue weighted by molar-refractivity contribution is 0.300. The van der Waals surface area contributed by atoms with E-state index in [2.05, 4.69) is 17.9 Å². The van der Waals surface area contributed by atoms with Gasteiger partial charge in [-0.3, -0.25) is 0 Å². The monoisotopic (exact) mass is 322 g/mol. The molecular weight excluding hydrogens is 303 g/mol. The molecule has 0 aliphatic carbocycles. The first-order valence-electron chi connectivity index (χ1n) is 5.74. The van der Waals surface area contributed by atoms with Crippen molar-refractivity contribution in [3.8, 4) is 0 Å². The smallest absolute Gasteiger partial charge is 0.0684 e. The molecule has 1 heterocycles. The van der Waals surface area contributed by atoms with E-state index in [0.29, 0.717) is 0 Å². The largest absolute Gasteiger partial charge is 0.398 e. The molecule has 0 fully saturated rings. The fraction of sp³-hybridized carbons (Fsp3) is 0.385. The predicted molar refractivity (Wildman–Crippen MR) is 87.8 cm³/mol. The number of para-hydroxylation sites is 1. The third-order valence-corrected chi connectivity index (χ3v) is 4.32. The lowest BCUT2D eigenvalue weighted by Gasteiger charge is -2.20. The number of aliphatic hydroxyl groups excluding tert-OH is 1. The van der Waals surface area contributed by atoms with Crippen LogP contribution in [-0.2, 0) is 6.54 Å². The number of thioether (sulfide) groups is 1. The number of benzene rings is 1. The molecule has 1 aliphatic rings. The standard InChI is InChI=1S/C13H18N2OS.2ClH/c1-10-13(6-7-16)17-9-15(10)8-11-4-2-3-5-12(11)14;;/h2-5,16H,6-9,14H2,1H3;2*1H. The van der Waals surface area contributed by atoms with Gasteiger partial charge >= 0.3 is 0 Å². The molecule has 3 N–H and O–H groups in total. The Morgan fingerprint density at radius 2 is 2.00 bits per heavy atom. The first kappa shape index (κ1) is 18.4. The van der Waals surface area contributed by atoms with E-state index in [-0.39, 0.29) is 31.4 Å². The maximum atomic E-state index is 8.98. The van der Waals surface area contributed by atoms with Crippen molar-refractivity contribution in [2.75, 3.05) is 18.2 Å². The molecule has 0 bridgehead atoms.